The molecular formula is C42H55N3O13. The second-order valence-corrected chi connectivity index (χ2v) is 17.9. The molecule has 1 unspecified atom stereocenters. The molecule has 16 nitrogen and oxygen atoms in total. The van der Waals surface area contributed by atoms with E-state index in [2.05, 4.69) is 10.3 Å². The number of H-pyrrole nitrogens is 1. The molecule has 2 aromatic rings. The van der Waals surface area contributed by atoms with Crippen molar-refractivity contribution < 1.29 is 63.3 Å². The maximum Gasteiger partial charge on any atom is 0.338 e. The molecule has 2 heterocycles. The van der Waals surface area contributed by atoms with E-state index in [0.717, 1.165) is 6.92 Å². The lowest BCUT2D eigenvalue weighted by Crippen LogP contribution is -2.81. The van der Waals surface area contributed by atoms with Crippen molar-refractivity contribution in [3.8, 4) is 0 Å². The largest absolute Gasteiger partial charge is 0.456 e. The number of rotatable bonds is 8. The minimum absolute atomic E-state index is 0.0482. The summed E-state index contributed by atoms with van der Waals surface area (Å²) in [6, 6.07) is 9.40. The Balaban J connectivity index is 1.46. The maximum atomic E-state index is 14.9. The molecule has 3 fully saturated rings. The highest BCUT2D eigenvalue weighted by Crippen LogP contribution is 2.64. The number of fused-ring (bicyclic) bond motifs is 5. The lowest BCUT2D eigenvalue weighted by Gasteiger charge is -2.67. The Bertz CT molecular complexity index is 1980. The molecule has 0 spiro atoms. The number of carbonyl (C=O) groups is 5. The molecule has 6 rings (SSSR count). The number of hydrogen-bond donors (Lipinski definition) is 6. The molecule has 2 bridgehead atoms. The van der Waals surface area contributed by atoms with Crippen LogP contribution in [0, 0.1) is 22.2 Å². The lowest BCUT2D eigenvalue weighted by atomic mass is 9.44. The highest BCUT2D eigenvalue weighted by atomic mass is 16.6. The van der Waals surface area contributed by atoms with Gasteiger partial charge in [-0.15, -0.1) is 0 Å². The van der Waals surface area contributed by atoms with Crippen molar-refractivity contribution in [2.24, 2.45) is 22.2 Å². The van der Waals surface area contributed by atoms with Crippen LogP contribution in [0.3, 0.4) is 0 Å². The molecule has 1 aromatic heterocycles. The van der Waals surface area contributed by atoms with Gasteiger partial charge in [0.05, 0.1) is 35.6 Å². The first-order chi connectivity index (χ1) is 26.9. The summed E-state index contributed by atoms with van der Waals surface area (Å²) in [5, 5.41) is 51.8. The van der Waals surface area contributed by atoms with Crippen LogP contribution in [0.4, 0.5) is 10.6 Å². The molecule has 16 heteroatoms. The van der Waals surface area contributed by atoms with Gasteiger partial charge < -0.3 is 49.7 Å². The van der Waals surface area contributed by atoms with E-state index in [9.17, 15) is 44.4 Å². The Labute approximate surface area is 336 Å². The van der Waals surface area contributed by atoms with Crippen LogP contribution in [0.2, 0.25) is 0 Å². The van der Waals surface area contributed by atoms with Gasteiger partial charge in [-0.3, -0.25) is 14.5 Å². The molecular weight excluding hydrogens is 754 g/mol. The van der Waals surface area contributed by atoms with Gasteiger partial charge >= 0.3 is 23.9 Å². The van der Waals surface area contributed by atoms with Crippen LogP contribution >= 0.6 is 0 Å². The SMILES string of the molecule is CC(=O)O[C@@]12COC1C[C@H](O)[C@@]1(C)C(=O)[C@H](O)C3=C(C)[C@@H](OC(=O)[C@H](O)[C@H](NC(=O)N(C)c4ccc[nH]4)C(C)(C)C)C[C@@](O)([C@@H](OC(=O)c4ccccc4)[C@@H]12)C3(C)C. The molecule has 4 aliphatic rings. The van der Waals surface area contributed by atoms with E-state index in [4.69, 9.17) is 18.9 Å². The second-order valence-electron chi connectivity index (χ2n) is 17.9. The molecule has 0 radical (unpaired) electrons. The van der Waals surface area contributed by atoms with Crippen molar-refractivity contribution in [3.63, 3.8) is 0 Å². The molecule has 316 valence electrons. The van der Waals surface area contributed by atoms with Crippen LogP contribution in [0.5, 0.6) is 0 Å². The number of carbonyl (C=O) groups excluding carboxylic acids is 5. The zero-order valence-corrected chi connectivity index (χ0v) is 34.3. The summed E-state index contributed by atoms with van der Waals surface area (Å²) in [6.07, 6.45) is -8.74. The topological polar surface area (TPSA) is 234 Å². The summed E-state index contributed by atoms with van der Waals surface area (Å²) in [7, 11) is 1.50. The minimum atomic E-state index is -2.34. The van der Waals surface area contributed by atoms with Gasteiger partial charge in [-0.25, -0.2) is 14.4 Å². The first-order valence-corrected chi connectivity index (χ1v) is 19.4. The number of anilines is 1. The predicted octanol–water partition coefficient (Wildman–Crippen LogP) is 2.58. The highest BCUT2D eigenvalue weighted by Gasteiger charge is 2.78. The van der Waals surface area contributed by atoms with Crippen molar-refractivity contribution in [2.45, 2.75) is 122 Å². The van der Waals surface area contributed by atoms with E-state index in [1.807, 2.05) is 0 Å². The highest BCUT2D eigenvalue weighted by molar-refractivity contribution is 5.94. The van der Waals surface area contributed by atoms with Crippen LogP contribution < -0.4 is 10.2 Å². The number of ether oxygens (including phenoxy) is 4. The van der Waals surface area contributed by atoms with Crippen molar-refractivity contribution >= 4 is 35.5 Å². The summed E-state index contributed by atoms with van der Waals surface area (Å²) < 4.78 is 24.2. The number of ketones is 1. The predicted molar refractivity (Wildman–Crippen MR) is 206 cm³/mol. The van der Waals surface area contributed by atoms with Gasteiger partial charge in [0.2, 0.25) is 0 Å². The number of nitrogens with one attached hydrogen (secondary N) is 2. The first-order valence-electron chi connectivity index (χ1n) is 19.4. The van der Waals surface area contributed by atoms with Gasteiger partial charge in [0, 0.05) is 38.4 Å². The summed E-state index contributed by atoms with van der Waals surface area (Å²) >= 11 is 0. The van der Waals surface area contributed by atoms with Crippen molar-refractivity contribution in [1.82, 2.24) is 10.3 Å². The summed E-state index contributed by atoms with van der Waals surface area (Å²) in [4.78, 5) is 73.5. The normalized spacial score (nSPS) is 33.8. The third-order valence-corrected chi connectivity index (χ3v) is 13.2. The smallest absolute Gasteiger partial charge is 0.338 e. The number of nitrogens with zero attached hydrogens (tertiary/aromatic N) is 1. The zero-order valence-electron chi connectivity index (χ0n) is 34.3. The van der Waals surface area contributed by atoms with Gasteiger partial charge in [0.15, 0.2) is 17.5 Å². The Morgan fingerprint density at radius 1 is 1.03 bits per heavy atom. The summed E-state index contributed by atoms with van der Waals surface area (Å²) in [5.74, 6) is -4.82. The second kappa shape index (κ2) is 14.9. The fraction of sp³-hybridized carbons (Fsp3) is 0.595. The molecule has 2 saturated carbocycles. The van der Waals surface area contributed by atoms with E-state index in [1.54, 1.807) is 71.1 Å². The van der Waals surface area contributed by atoms with E-state index in [1.165, 1.54) is 37.9 Å². The first kappa shape index (κ1) is 43.0. The number of aromatic nitrogens is 1. The van der Waals surface area contributed by atoms with Crippen LogP contribution in [0.25, 0.3) is 0 Å². The molecule has 1 aromatic carbocycles. The monoisotopic (exact) mass is 809 g/mol. The van der Waals surface area contributed by atoms with E-state index in [0.29, 0.717) is 5.82 Å². The third kappa shape index (κ3) is 6.72. The average Bonchev–Trinajstić information content (AvgIpc) is 3.69. The Kier molecular flexibility index (Phi) is 11.0. The van der Waals surface area contributed by atoms with Crippen molar-refractivity contribution in [2.75, 3.05) is 18.6 Å². The maximum absolute atomic E-state index is 14.9. The Hall–Kier alpha value is -4.61. The van der Waals surface area contributed by atoms with E-state index in [-0.39, 0.29) is 29.7 Å². The number of aromatic amines is 1. The number of amides is 2. The van der Waals surface area contributed by atoms with Crippen molar-refractivity contribution in [3.05, 3.63) is 65.4 Å². The fourth-order valence-electron chi connectivity index (χ4n) is 9.76. The van der Waals surface area contributed by atoms with Gasteiger partial charge in [0.25, 0.3) is 0 Å². The van der Waals surface area contributed by atoms with Crippen LogP contribution in [-0.2, 0) is 33.3 Å². The van der Waals surface area contributed by atoms with Gasteiger partial charge in [-0.1, -0.05) is 52.8 Å². The quantitative estimate of drug-likeness (QED) is 0.128. The summed E-state index contributed by atoms with van der Waals surface area (Å²) in [6.45, 7) is 12.0. The number of urea groups is 1. The van der Waals surface area contributed by atoms with Gasteiger partial charge in [-0.2, -0.15) is 0 Å². The Morgan fingerprint density at radius 3 is 2.24 bits per heavy atom. The number of hydrogen-bond acceptors (Lipinski definition) is 13. The average molecular weight is 810 g/mol. The number of benzene rings is 1. The lowest BCUT2D eigenvalue weighted by molar-refractivity contribution is -0.346. The minimum Gasteiger partial charge on any atom is -0.456 e. The zero-order chi connectivity index (χ0) is 42.9. The number of esters is 3. The standard InChI is InChI=1S/C42H55N3O13/c1-21-24(56-36(52)30(49)32(38(3,4)5)44-37(53)45(9)27-16-13-17-43-27)19-42(54)34(57-35(51)23-14-11-10-12-15-23)31-40(8,33(50)29(48)28(21)39(42,6)7)25(47)18-26-41(31,20-55-26)58-22(2)46/h10-17,24-26,29-32,34,43,47-49,54H,18-20H2,1-9H3,(H,44,53)/t24-,25-,26?,29+,30+,31-,32-,34-,40+,41-,42+/m0/s1. The van der Waals surface area contributed by atoms with E-state index >= 15 is 0 Å². The Morgan fingerprint density at radius 2 is 1.69 bits per heavy atom. The van der Waals surface area contributed by atoms with Crippen molar-refractivity contribution in [1.29, 1.82) is 0 Å². The number of Topliss-reactive ketones (excluding diaryl/α,β-unsaturated/α-hetero) is 1. The molecule has 1 saturated heterocycles. The molecule has 11 atom stereocenters. The molecule has 6 N–H and O–H groups in total. The van der Waals surface area contributed by atoms with Gasteiger partial charge in [-0.05, 0) is 54.7 Å². The third-order valence-electron chi connectivity index (χ3n) is 13.2. The van der Waals surface area contributed by atoms with Crippen LogP contribution in [-0.4, -0.2) is 123 Å². The van der Waals surface area contributed by atoms with Crippen LogP contribution in [0.1, 0.15) is 78.6 Å². The van der Waals surface area contributed by atoms with Crippen LogP contribution in [0.15, 0.2) is 59.8 Å². The fourth-order valence-corrected chi connectivity index (χ4v) is 9.76. The van der Waals surface area contributed by atoms with E-state index < -0.39 is 112 Å². The molecule has 58 heavy (non-hydrogen) atoms. The number of aliphatic hydroxyl groups excluding tert-OH is 3. The van der Waals surface area contributed by atoms with Gasteiger partial charge in [0.1, 0.15) is 35.8 Å². The number of aliphatic hydroxyl groups is 4. The molecule has 3 aliphatic carbocycles. The summed E-state index contributed by atoms with van der Waals surface area (Å²) in [5.41, 5.74) is -8.37. The molecule has 1 aliphatic heterocycles. The molecule has 2 amide bonds.